The number of carbonyl (C=O) groups is 2. The lowest BCUT2D eigenvalue weighted by molar-refractivity contribution is 0.101. The van der Waals surface area contributed by atoms with Crippen molar-refractivity contribution in [1.82, 2.24) is 9.78 Å². The van der Waals surface area contributed by atoms with Crippen LogP contribution in [0.15, 0.2) is 59.4 Å². The molecule has 1 heterocycles. The Kier molecular flexibility index (Phi) is 5.51. The van der Waals surface area contributed by atoms with Gasteiger partial charge in [-0.05, 0) is 50.2 Å². The average Bonchev–Trinajstić information content (AvgIpc) is 2.71. The van der Waals surface area contributed by atoms with Crippen LogP contribution >= 0.6 is 0 Å². The number of benzene rings is 2. The normalized spacial score (nSPS) is 10.1. The summed E-state index contributed by atoms with van der Waals surface area (Å²) in [6.45, 7) is 3.00. The SMILES string of the molecule is CC(=O)c1ccc(NC(=O)Nc2nn(-c3ccccc3)c(=O)c(C#N)c2C)cc1. The van der Waals surface area contributed by atoms with Gasteiger partial charge in [0.05, 0.1) is 5.69 Å². The Labute approximate surface area is 166 Å². The third-order valence-electron chi connectivity index (χ3n) is 4.23. The molecular formula is C21H17N5O3. The van der Waals surface area contributed by atoms with E-state index in [4.69, 9.17) is 0 Å². The number of aromatic nitrogens is 2. The van der Waals surface area contributed by atoms with Crippen LogP contribution in [0.5, 0.6) is 0 Å². The predicted octanol–water partition coefficient (Wildman–Crippen LogP) is 3.26. The molecule has 2 amide bonds. The first-order valence-corrected chi connectivity index (χ1v) is 8.69. The number of nitriles is 1. The van der Waals surface area contributed by atoms with E-state index in [0.29, 0.717) is 16.9 Å². The molecule has 0 fully saturated rings. The van der Waals surface area contributed by atoms with Gasteiger partial charge in [-0.3, -0.25) is 14.9 Å². The monoisotopic (exact) mass is 387 g/mol. The molecule has 0 spiro atoms. The third-order valence-corrected chi connectivity index (χ3v) is 4.23. The van der Waals surface area contributed by atoms with Crippen molar-refractivity contribution < 1.29 is 9.59 Å². The molecule has 2 aromatic carbocycles. The van der Waals surface area contributed by atoms with E-state index in [9.17, 15) is 19.6 Å². The van der Waals surface area contributed by atoms with Gasteiger partial charge in [0, 0.05) is 16.8 Å². The summed E-state index contributed by atoms with van der Waals surface area (Å²) in [5, 5.41) is 18.8. The minimum atomic E-state index is -0.599. The van der Waals surface area contributed by atoms with E-state index in [1.807, 2.05) is 6.07 Å². The summed E-state index contributed by atoms with van der Waals surface area (Å²) in [5.74, 6) is 0.0101. The van der Waals surface area contributed by atoms with Crippen LogP contribution in [0.4, 0.5) is 16.3 Å². The Morgan fingerprint density at radius 1 is 1.03 bits per heavy atom. The van der Waals surface area contributed by atoms with Crippen molar-refractivity contribution in [3.8, 4) is 11.8 Å². The number of nitrogens with one attached hydrogen (secondary N) is 2. The van der Waals surface area contributed by atoms with Crippen molar-refractivity contribution in [2.45, 2.75) is 13.8 Å². The molecule has 0 unspecified atom stereocenters. The second kappa shape index (κ2) is 8.19. The van der Waals surface area contributed by atoms with Gasteiger partial charge in [0.2, 0.25) is 0 Å². The van der Waals surface area contributed by atoms with E-state index in [0.717, 1.165) is 4.68 Å². The zero-order valence-electron chi connectivity index (χ0n) is 15.8. The molecule has 29 heavy (non-hydrogen) atoms. The van der Waals surface area contributed by atoms with Gasteiger partial charge in [0.25, 0.3) is 5.56 Å². The van der Waals surface area contributed by atoms with Gasteiger partial charge in [-0.25, -0.2) is 4.79 Å². The van der Waals surface area contributed by atoms with Crippen molar-refractivity contribution in [3.63, 3.8) is 0 Å². The van der Waals surface area contributed by atoms with Gasteiger partial charge in [-0.15, -0.1) is 5.10 Å². The molecule has 1 aromatic heterocycles. The summed E-state index contributed by atoms with van der Waals surface area (Å²) in [5.41, 5.74) is 1.07. The van der Waals surface area contributed by atoms with Crippen LogP contribution in [0.1, 0.15) is 28.4 Å². The largest absolute Gasteiger partial charge is 0.324 e. The summed E-state index contributed by atoms with van der Waals surface area (Å²) < 4.78 is 1.07. The fraction of sp³-hybridized carbons (Fsp3) is 0.0952. The highest BCUT2D eigenvalue weighted by molar-refractivity contribution is 6.00. The molecule has 144 valence electrons. The lowest BCUT2D eigenvalue weighted by Crippen LogP contribution is -2.29. The molecule has 0 atom stereocenters. The first-order chi connectivity index (χ1) is 13.9. The Bertz CT molecular complexity index is 1180. The Morgan fingerprint density at radius 3 is 2.28 bits per heavy atom. The van der Waals surface area contributed by atoms with Gasteiger partial charge >= 0.3 is 6.03 Å². The van der Waals surface area contributed by atoms with Crippen molar-refractivity contribution in [1.29, 1.82) is 5.26 Å². The van der Waals surface area contributed by atoms with Gasteiger partial charge in [0.15, 0.2) is 11.6 Å². The molecule has 8 heteroatoms. The van der Waals surface area contributed by atoms with Gasteiger partial charge in [-0.1, -0.05) is 18.2 Å². The number of hydrogen-bond donors (Lipinski definition) is 2. The number of para-hydroxylation sites is 1. The zero-order chi connectivity index (χ0) is 21.0. The number of ketones is 1. The minimum absolute atomic E-state index is 0.0759. The summed E-state index contributed by atoms with van der Waals surface area (Å²) in [4.78, 5) is 36.3. The molecular weight excluding hydrogens is 370 g/mol. The first kappa shape index (κ1) is 19.5. The van der Waals surface area contributed by atoms with Crippen LogP contribution in [0.3, 0.4) is 0 Å². The highest BCUT2D eigenvalue weighted by atomic mass is 16.2. The second-order valence-corrected chi connectivity index (χ2v) is 6.23. The number of hydrogen-bond acceptors (Lipinski definition) is 5. The standard InChI is InChI=1S/C21H17N5O3/c1-13-18(12-22)20(28)26(17-6-4-3-5-7-17)25-19(13)24-21(29)23-16-10-8-15(9-11-16)14(2)27/h3-11H,1-2H3,(H2,23,24,25,29). The number of Topliss-reactive ketones (excluding diaryl/α,β-unsaturated/α-hetero) is 1. The van der Waals surface area contributed by atoms with Crippen molar-refractivity contribution in [2.75, 3.05) is 10.6 Å². The molecule has 0 saturated heterocycles. The van der Waals surface area contributed by atoms with Crippen LogP contribution in [0.2, 0.25) is 0 Å². The van der Waals surface area contributed by atoms with Crippen LogP contribution < -0.4 is 16.2 Å². The highest BCUT2D eigenvalue weighted by Gasteiger charge is 2.17. The van der Waals surface area contributed by atoms with E-state index in [1.165, 1.54) is 6.92 Å². The second-order valence-electron chi connectivity index (χ2n) is 6.23. The molecule has 0 aliphatic heterocycles. The summed E-state index contributed by atoms with van der Waals surface area (Å²) in [6, 6.07) is 16.3. The van der Waals surface area contributed by atoms with Crippen LogP contribution in [0.25, 0.3) is 5.69 Å². The smallest absolute Gasteiger partial charge is 0.308 e. The molecule has 3 aromatic rings. The van der Waals surface area contributed by atoms with Crippen molar-refractivity contribution in [2.24, 2.45) is 0 Å². The fourth-order valence-corrected chi connectivity index (χ4v) is 2.66. The molecule has 0 bridgehead atoms. The highest BCUT2D eigenvalue weighted by Crippen LogP contribution is 2.16. The van der Waals surface area contributed by atoms with Crippen LogP contribution in [-0.4, -0.2) is 21.6 Å². The predicted molar refractivity (Wildman–Crippen MR) is 108 cm³/mol. The van der Waals surface area contributed by atoms with E-state index >= 15 is 0 Å². The molecule has 8 nitrogen and oxygen atoms in total. The number of nitrogens with zero attached hydrogens (tertiary/aromatic N) is 3. The summed E-state index contributed by atoms with van der Waals surface area (Å²) >= 11 is 0. The van der Waals surface area contributed by atoms with Gasteiger partial charge in [0.1, 0.15) is 11.6 Å². The maximum absolute atomic E-state index is 12.6. The maximum atomic E-state index is 12.6. The first-order valence-electron chi connectivity index (χ1n) is 8.69. The fourth-order valence-electron chi connectivity index (χ4n) is 2.66. The Hall–Kier alpha value is -4.25. The number of carbonyl (C=O) groups excluding carboxylic acids is 2. The molecule has 0 radical (unpaired) electrons. The van der Waals surface area contributed by atoms with Crippen molar-refractivity contribution >= 4 is 23.3 Å². The van der Waals surface area contributed by atoms with Crippen LogP contribution in [0, 0.1) is 18.3 Å². The van der Waals surface area contributed by atoms with E-state index in [1.54, 1.807) is 61.5 Å². The Morgan fingerprint density at radius 2 is 1.69 bits per heavy atom. The summed E-state index contributed by atoms with van der Waals surface area (Å²) in [7, 11) is 0. The molecule has 0 aliphatic rings. The van der Waals surface area contributed by atoms with Crippen molar-refractivity contribution in [3.05, 3.63) is 81.6 Å². The zero-order valence-corrected chi connectivity index (χ0v) is 15.8. The minimum Gasteiger partial charge on any atom is -0.308 e. The molecule has 3 rings (SSSR count). The average molecular weight is 387 g/mol. The molecule has 2 N–H and O–H groups in total. The van der Waals surface area contributed by atoms with Gasteiger partial charge < -0.3 is 5.32 Å². The lowest BCUT2D eigenvalue weighted by Gasteiger charge is -2.13. The van der Waals surface area contributed by atoms with E-state index in [2.05, 4.69) is 15.7 Å². The third kappa shape index (κ3) is 4.20. The van der Waals surface area contributed by atoms with Crippen LogP contribution in [-0.2, 0) is 0 Å². The summed E-state index contributed by atoms with van der Waals surface area (Å²) in [6.07, 6.45) is 0. The van der Waals surface area contributed by atoms with Gasteiger partial charge in [-0.2, -0.15) is 9.94 Å². The maximum Gasteiger partial charge on any atom is 0.324 e. The number of rotatable bonds is 4. The molecule has 0 saturated carbocycles. The number of urea groups is 1. The number of anilines is 2. The molecule has 0 aliphatic carbocycles. The Balaban J connectivity index is 1.90. The quantitative estimate of drug-likeness (QED) is 0.667. The topological polar surface area (TPSA) is 117 Å². The lowest BCUT2D eigenvalue weighted by atomic mass is 10.1. The van der Waals surface area contributed by atoms with E-state index < -0.39 is 11.6 Å². The van der Waals surface area contributed by atoms with E-state index in [-0.39, 0.29) is 22.7 Å². The number of amides is 2.